The van der Waals surface area contributed by atoms with Crippen molar-refractivity contribution in [2.24, 2.45) is 5.92 Å². The number of para-hydroxylation sites is 1. The quantitative estimate of drug-likeness (QED) is 0.545. The summed E-state index contributed by atoms with van der Waals surface area (Å²) in [7, 11) is 0. The Kier molecular flexibility index (Phi) is 5.35. The van der Waals surface area contributed by atoms with Gasteiger partial charge < -0.3 is 15.2 Å². The lowest BCUT2D eigenvalue weighted by molar-refractivity contribution is -0.384. The molecule has 0 bridgehead atoms. The van der Waals surface area contributed by atoms with E-state index in [9.17, 15) is 19.7 Å². The fraction of sp³-hybridized carbons (Fsp3) is 0.263. The number of nitro benzene ring substituents is 1. The molecule has 0 spiro atoms. The normalized spacial score (nSPS) is 13.0. The fourth-order valence-electron chi connectivity index (χ4n) is 2.53. The summed E-state index contributed by atoms with van der Waals surface area (Å²) < 4.78 is 5.78. The van der Waals surface area contributed by atoms with E-state index in [-0.39, 0.29) is 17.7 Å². The highest BCUT2D eigenvalue weighted by atomic mass is 16.6. The molecule has 0 saturated heterocycles. The van der Waals surface area contributed by atoms with E-state index in [1.807, 2.05) is 24.3 Å². The van der Waals surface area contributed by atoms with Crippen LogP contribution in [-0.2, 0) is 6.54 Å². The lowest BCUT2D eigenvalue weighted by atomic mass is 10.1. The van der Waals surface area contributed by atoms with Crippen molar-refractivity contribution < 1.29 is 24.4 Å². The highest BCUT2D eigenvalue weighted by molar-refractivity contribution is 5.98. The molecular weight excluding hydrogens is 352 g/mol. The van der Waals surface area contributed by atoms with Crippen LogP contribution in [-0.4, -0.2) is 28.5 Å². The molecule has 1 fully saturated rings. The third kappa shape index (κ3) is 4.81. The van der Waals surface area contributed by atoms with Gasteiger partial charge in [0.1, 0.15) is 5.75 Å². The average molecular weight is 370 g/mol. The van der Waals surface area contributed by atoms with Crippen LogP contribution in [0.5, 0.6) is 5.75 Å². The Morgan fingerprint density at radius 3 is 2.56 bits per heavy atom. The van der Waals surface area contributed by atoms with Crippen LogP contribution in [0.1, 0.15) is 39.1 Å². The Morgan fingerprint density at radius 1 is 1.19 bits per heavy atom. The highest BCUT2D eigenvalue weighted by Crippen LogP contribution is 2.30. The summed E-state index contributed by atoms with van der Waals surface area (Å²) in [6.45, 7) is 0.794. The number of carboxylic acids is 1. The first-order valence-corrected chi connectivity index (χ1v) is 8.45. The van der Waals surface area contributed by atoms with E-state index in [0.29, 0.717) is 18.3 Å². The summed E-state index contributed by atoms with van der Waals surface area (Å²) in [5, 5.41) is 22.7. The van der Waals surface area contributed by atoms with E-state index in [4.69, 9.17) is 9.84 Å². The van der Waals surface area contributed by atoms with E-state index >= 15 is 0 Å². The number of amides is 1. The topological polar surface area (TPSA) is 119 Å². The van der Waals surface area contributed by atoms with Gasteiger partial charge >= 0.3 is 5.97 Å². The van der Waals surface area contributed by atoms with Crippen molar-refractivity contribution in [1.29, 1.82) is 0 Å². The van der Waals surface area contributed by atoms with E-state index < -0.39 is 22.5 Å². The van der Waals surface area contributed by atoms with Gasteiger partial charge in [0.15, 0.2) is 0 Å². The Hall–Kier alpha value is -3.42. The Morgan fingerprint density at radius 2 is 1.89 bits per heavy atom. The van der Waals surface area contributed by atoms with Gasteiger partial charge in [-0.05, 0) is 30.9 Å². The molecule has 0 aliphatic heterocycles. The number of nitrogens with zero attached hydrogens (tertiary/aromatic N) is 1. The Labute approximate surface area is 154 Å². The van der Waals surface area contributed by atoms with Crippen LogP contribution >= 0.6 is 0 Å². The molecule has 0 atom stereocenters. The maximum absolute atomic E-state index is 12.4. The molecule has 2 aromatic carbocycles. The summed E-state index contributed by atoms with van der Waals surface area (Å²) >= 11 is 0. The van der Waals surface area contributed by atoms with Crippen LogP contribution < -0.4 is 10.1 Å². The molecule has 1 aliphatic rings. The third-order valence-electron chi connectivity index (χ3n) is 4.22. The molecule has 0 unspecified atom stereocenters. The molecule has 1 aliphatic carbocycles. The van der Waals surface area contributed by atoms with Crippen molar-refractivity contribution in [2.75, 3.05) is 6.61 Å². The van der Waals surface area contributed by atoms with Crippen LogP contribution in [0.3, 0.4) is 0 Å². The van der Waals surface area contributed by atoms with Crippen LogP contribution in [0, 0.1) is 16.0 Å². The van der Waals surface area contributed by atoms with Gasteiger partial charge in [-0.1, -0.05) is 18.2 Å². The summed E-state index contributed by atoms with van der Waals surface area (Å²) in [6, 6.07) is 10.4. The SMILES string of the molecule is O=C(O)c1cc(C(=O)NCc2ccccc2OCC2CC2)cc([N+](=O)[O-])c1. The molecule has 2 N–H and O–H groups in total. The summed E-state index contributed by atoms with van der Waals surface area (Å²) in [5.41, 5.74) is -0.0795. The number of nitro groups is 1. The van der Waals surface area contributed by atoms with Crippen LogP contribution in [0.4, 0.5) is 5.69 Å². The molecule has 8 nitrogen and oxygen atoms in total. The van der Waals surface area contributed by atoms with E-state index in [0.717, 1.165) is 36.6 Å². The molecule has 3 rings (SSSR count). The maximum Gasteiger partial charge on any atom is 0.335 e. The number of hydrogen-bond acceptors (Lipinski definition) is 5. The van der Waals surface area contributed by atoms with Crippen LogP contribution in [0.2, 0.25) is 0 Å². The largest absolute Gasteiger partial charge is 0.493 e. The number of carboxylic acid groups (broad SMARTS) is 1. The second-order valence-corrected chi connectivity index (χ2v) is 6.38. The lowest BCUT2D eigenvalue weighted by Gasteiger charge is -2.12. The molecular formula is C19H18N2O6. The zero-order valence-electron chi connectivity index (χ0n) is 14.4. The number of carbonyl (C=O) groups is 2. The van der Waals surface area contributed by atoms with Gasteiger partial charge in [0.2, 0.25) is 0 Å². The lowest BCUT2D eigenvalue weighted by Crippen LogP contribution is -2.23. The smallest absolute Gasteiger partial charge is 0.335 e. The Balaban J connectivity index is 1.72. The third-order valence-corrected chi connectivity index (χ3v) is 4.22. The summed E-state index contributed by atoms with van der Waals surface area (Å²) in [5.74, 6) is -0.674. The minimum atomic E-state index is -1.34. The monoisotopic (exact) mass is 370 g/mol. The van der Waals surface area contributed by atoms with Gasteiger partial charge in [-0.2, -0.15) is 0 Å². The summed E-state index contributed by atoms with van der Waals surface area (Å²) in [4.78, 5) is 33.8. The first-order valence-electron chi connectivity index (χ1n) is 8.45. The number of nitrogens with one attached hydrogen (secondary N) is 1. The van der Waals surface area contributed by atoms with Crippen LogP contribution in [0.25, 0.3) is 0 Å². The van der Waals surface area contributed by atoms with Crippen LogP contribution in [0.15, 0.2) is 42.5 Å². The molecule has 27 heavy (non-hydrogen) atoms. The number of aromatic carboxylic acids is 1. The van der Waals surface area contributed by atoms with Gasteiger partial charge in [0.05, 0.1) is 17.1 Å². The van der Waals surface area contributed by atoms with Gasteiger partial charge in [0, 0.05) is 29.8 Å². The first-order chi connectivity index (χ1) is 12.9. The van der Waals surface area contributed by atoms with Crippen molar-refractivity contribution in [3.63, 3.8) is 0 Å². The predicted molar refractivity (Wildman–Crippen MR) is 95.9 cm³/mol. The van der Waals surface area contributed by atoms with Crippen molar-refractivity contribution in [3.05, 3.63) is 69.3 Å². The molecule has 140 valence electrons. The first kappa shape index (κ1) is 18.4. The van der Waals surface area contributed by atoms with Gasteiger partial charge in [-0.3, -0.25) is 14.9 Å². The van der Waals surface area contributed by atoms with Crippen molar-refractivity contribution in [2.45, 2.75) is 19.4 Å². The van der Waals surface area contributed by atoms with E-state index in [2.05, 4.69) is 5.32 Å². The highest BCUT2D eigenvalue weighted by Gasteiger charge is 2.22. The number of ether oxygens (including phenoxy) is 1. The van der Waals surface area contributed by atoms with Crippen molar-refractivity contribution in [1.82, 2.24) is 5.32 Å². The predicted octanol–water partition coefficient (Wildman–Crippen LogP) is 3.01. The van der Waals surface area contributed by atoms with Crippen molar-refractivity contribution in [3.8, 4) is 5.75 Å². The molecule has 0 heterocycles. The molecule has 0 radical (unpaired) electrons. The van der Waals surface area contributed by atoms with Gasteiger partial charge in [0.25, 0.3) is 11.6 Å². The molecule has 0 aromatic heterocycles. The summed E-state index contributed by atoms with van der Waals surface area (Å²) in [6.07, 6.45) is 2.33. The zero-order valence-corrected chi connectivity index (χ0v) is 14.4. The number of rotatable bonds is 8. The minimum absolute atomic E-state index is 0.0852. The van der Waals surface area contributed by atoms with E-state index in [1.165, 1.54) is 0 Å². The zero-order chi connectivity index (χ0) is 19.4. The Bertz CT molecular complexity index is 859. The molecule has 2 aromatic rings. The van der Waals surface area contributed by atoms with Crippen molar-refractivity contribution >= 4 is 17.6 Å². The average Bonchev–Trinajstić information content (AvgIpc) is 3.49. The number of non-ortho nitro benzene ring substituents is 1. The number of hydrogen-bond donors (Lipinski definition) is 2. The second-order valence-electron chi connectivity index (χ2n) is 6.38. The molecule has 1 saturated carbocycles. The second kappa shape index (κ2) is 7.86. The molecule has 8 heteroatoms. The van der Waals surface area contributed by atoms with E-state index in [1.54, 1.807) is 0 Å². The number of benzene rings is 2. The maximum atomic E-state index is 12.4. The minimum Gasteiger partial charge on any atom is -0.493 e. The number of carbonyl (C=O) groups excluding carboxylic acids is 1. The molecule has 1 amide bonds. The van der Waals surface area contributed by atoms with Gasteiger partial charge in [-0.25, -0.2) is 4.79 Å². The van der Waals surface area contributed by atoms with Gasteiger partial charge in [-0.15, -0.1) is 0 Å². The fourth-order valence-corrected chi connectivity index (χ4v) is 2.53. The standard InChI is InChI=1S/C19H18N2O6/c22-18(14-7-15(19(23)24)9-16(8-14)21(25)26)20-10-13-3-1-2-4-17(13)27-11-12-5-6-12/h1-4,7-9,12H,5-6,10-11H2,(H,20,22)(H,23,24).